The van der Waals surface area contributed by atoms with Crippen molar-refractivity contribution in [3.8, 4) is 0 Å². The molecule has 2 unspecified atom stereocenters. The summed E-state index contributed by atoms with van der Waals surface area (Å²) in [6, 6.07) is 8.86. The van der Waals surface area contributed by atoms with E-state index in [-0.39, 0.29) is 5.91 Å². The monoisotopic (exact) mass is 354 g/mol. The minimum atomic E-state index is -0.464. The first-order valence-electron chi connectivity index (χ1n) is 7.07. The Hall–Kier alpha value is -0.520. The molecule has 108 valence electrons. The van der Waals surface area contributed by atoms with Crippen LogP contribution in [0, 0.1) is 0 Å². The average Bonchev–Trinajstić information content (AvgIpc) is 3.12. The molecule has 20 heavy (non-hydrogen) atoms. The van der Waals surface area contributed by atoms with E-state index in [1.807, 2.05) is 11.8 Å². The van der Waals surface area contributed by atoms with Crippen molar-refractivity contribution in [3.63, 3.8) is 0 Å². The highest BCUT2D eigenvalue weighted by molar-refractivity contribution is 9.10. The van der Waals surface area contributed by atoms with Crippen LogP contribution < -0.4 is 11.1 Å². The predicted molar refractivity (Wildman–Crippen MR) is 85.7 cm³/mol. The van der Waals surface area contributed by atoms with Gasteiger partial charge in [-0.15, -0.1) is 11.8 Å². The minimum Gasteiger partial charge on any atom is -0.368 e. The third-order valence-electron chi connectivity index (χ3n) is 4.12. The van der Waals surface area contributed by atoms with Gasteiger partial charge in [0.25, 0.3) is 0 Å². The number of benzene rings is 1. The second kappa shape index (κ2) is 5.70. The summed E-state index contributed by atoms with van der Waals surface area (Å²) in [5, 5.41) is 3.96. The van der Waals surface area contributed by atoms with Gasteiger partial charge >= 0.3 is 0 Å². The SMILES string of the molecule is NC(=O)C1(NC2CC2)CCC(Sc2ccc(Br)cc2)C1. The van der Waals surface area contributed by atoms with Crippen molar-refractivity contribution in [2.24, 2.45) is 5.73 Å². The van der Waals surface area contributed by atoms with E-state index >= 15 is 0 Å². The van der Waals surface area contributed by atoms with Crippen LogP contribution in [0.5, 0.6) is 0 Å². The first-order chi connectivity index (χ1) is 9.57. The number of hydrogen-bond acceptors (Lipinski definition) is 3. The third kappa shape index (κ3) is 3.21. The van der Waals surface area contributed by atoms with E-state index in [0.29, 0.717) is 11.3 Å². The fourth-order valence-electron chi connectivity index (χ4n) is 2.85. The van der Waals surface area contributed by atoms with E-state index < -0.39 is 5.54 Å². The van der Waals surface area contributed by atoms with Crippen LogP contribution in [-0.4, -0.2) is 22.7 Å². The van der Waals surface area contributed by atoms with Crippen LogP contribution in [0.15, 0.2) is 33.6 Å². The molecular weight excluding hydrogens is 336 g/mol. The summed E-state index contributed by atoms with van der Waals surface area (Å²) < 4.78 is 1.09. The van der Waals surface area contributed by atoms with Gasteiger partial charge in [-0.3, -0.25) is 4.79 Å². The molecule has 3 N–H and O–H groups in total. The van der Waals surface area contributed by atoms with Gasteiger partial charge in [0.2, 0.25) is 5.91 Å². The zero-order valence-corrected chi connectivity index (χ0v) is 13.7. The van der Waals surface area contributed by atoms with Gasteiger partial charge in [-0.1, -0.05) is 15.9 Å². The van der Waals surface area contributed by atoms with Gasteiger partial charge in [0.1, 0.15) is 0 Å². The molecule has 0 aliphatic heterocycles. The molecule has 0 heterocycles. The fourth-order valence-corrected chi connectivity index (χ4v) is 4.40. The van der Waals surface area contributed by atoms with Gasteiger partial charge in [0, 0.05) is 20.7 Å². The number of halogens is 1. The Balaban J connectivity index is 1.65. The molecule has 3 nitrogen and oxygen atoms in total. The molecule has 1 aromatic carbocycles. The van der Waals surface area contributed by atoms with Crippen molar-refractivity contribution in [2.75, 3.05) is 0 Å². The van der Waals surface area contributed by atoms with Crippen molar-refractivity contribution in [3.05, 3.63) is 28.7 Å². The first kappa shape index (κ1) is 14.4. The maximum atomic E-state index is 11.9. The number of carbonyl (C=O) groups excluding carboxylic acids is 1. The van der Waals surface area contributed by atoms with Crippen LogP contribution in [-0.2, 0) is 4.79 Å². The number of thioether (sulfide) groups is 1. The lowest BCUT2D eigenvalue weighted by Gasteiger charge is -2.27. The van der Waals surface area contributed by atoms with Gasteiger partial charge < -0.3 is 11.1 Å². The van der Waals surface area contributed by atoms with Crippen molar-refractivity contribution < 1.29 is 4.79 Å². The molecular formula is C15H19BrN2OS. The highest BCUT2D eigenvalue weighted by atomic mass is 79.9. The Morgan fingerprint density at radius 2 is 2.00 bits per heavy atom. The van der Waals surface area contributed by atoms with E-state index in [9.17, 15) is 4.79 Å². The second-order valence-electron chi connectivity index (χ2n) is 5.80. The zero-order valence-electron chi connectivity index (χ0n) is 11.3. The highest BCUT2D eigenvalue weighted by Crippen LogP contribution is 2.41. The van der Waals surface area contributed by atoms with Gasteiger partial charge in [-0.25, -0.2) is 0 Å². The number of amides is 1. The predicted octanol–water partition coefficient (Wildman–Crippen LogP) is 3.07. The Bertz CT molecular complexity index is 503. The molecule has 0 spiro atoms. The number of primary amides is 1. The largest absolute Gasteiger partial charge is 0.368 e. The van der Waals surface area contributed by atoms with Crippen molar-refractivity contribution in [1.82, 2.24) is 5.32 Å². The normalized spacial score (nSPS) is 29.6. The Morgan fingerprint density at radius 3 is 2.60 bits per heavy atom. The standard InChI is InChI=1S/C15H19BrN2OS/c16-10-1-5-12(6-2-10)20-13-7-8-15(9-13,14(17)19)18-11-3-4-11/h1-2,5-6,11,13,18H,3-4,7-9H2,(H2,17,19). The van der Waals surface area contributed by atoms with Crippen molar-refractivity contribution in [1.29, 1.82) is 0 Å². The van der Waals surface area contributed by atoms with Crippen LogP contribution in [0.2, 0.25) is 0 Å². The smallest absolute Gasteiger partial charge is 0.237 e. The molecule has 0 saturated heterocycles. The topological polar surface area (TPSA) is 55.1 Å². The van der Waals surface area contributed by atoms with E-state index in [1.165, 1.54) is 17.7 Å². The third-order valence-corrected chi connectivity index (χ3v) is 5.92. The highest BCUT2D eigenvalue weighted by Gasteiger charge is 2.46. The molecule has 5 heteroatoms. The summed E-state index contributed by atoms with van der Waals surface area (Å²) in [5.41, 5.74) is 5.20. The maximum absolute atomic E-state index is 11.9. The summed E-state index contributed by atoms with van der Waals surface area (Å²) in [4.78, 5) is 13.1. The molecule has 0 aromatic heterocycles. The lowest BCUT2D eigenvalue weighted by Crippen LogP contribution is -2.54. The van der Waals surface area contributed by atoms with E-state index in [2.05, 4.69) is 45.5 Å². The quantitative estimate of drug-likeness (QED) is 0.854. The lowest BCUT2D eigenvalue weighted by molar-refractivity contribution is -0.124. The molecule has 3 rings (SSSR count). The van der Waals surface area contributed by atoms with Crippen LogP contribution in [0.1, 0.15) is 32.1 Å². The number of rotatable bonds is 5. The summed E-state index contributed by atoms with van der Waals surface area (Å²) in [6.07, 6.45) is 5.12. The average molecular weight is 355 g/mol. The maximum Gasteiger partial charge on any atom is 0.237 e. The number of nitrogens with one attached hydrogen (secondary N) is 1. The number of carbonyl (C=O) groups is 1. The van der Waals surface area contributed by atoms with Gasteiger partial charge in [-0.05, 0) is 56.4 Å². The van der Waals surface area contributed by atoms with Crippen LogP contribution >= 0.6 is 27.7 Å². The molecule has 2 atom stereocenters. The molecule has 0 radical (unpaired) electrons. The number of hydrogen-bond donors (Lipinski definition) is 2. The molecule has 2 aliphatic carbocycles. The lowest BCUT2D eigenvalue weighted by atomic mass is 9.96. The molecule has 2 aliphatic rings. The van der Waals surface area contributed by atoms with E-state index in [4.69, 9.17) is 5.73 Å². The summed E-state index contributed by atoms with van der Waals surface area (Å²) in [6.45, 7) is 0. The summed E-state index contributed by atoms with van der Waals surface area (Å²) in [5.74, 6) is -0.177. The van der Waals surface area contributed by atoms with Crippen molar-refractivity contribution in [2.45, 2.75) is 53.8 Å². The van der Waals surface area contributed by atoms with Crippen molar-refractivity contribution >= 4 is 33.6 Å². The molecule has 1 amide bonds. The van der Waals surface area contributed by atoms with E-state index in [1.54, 1.807) is 0 Å². The Morgan fingerprint density at radius 1 is 1.30 bits per heavy atom. The molecule has 1 aromatic rings. The molecule has 0 bridgehead atoms. The van der Waals surface area contributed by atoms with Crippen LogP contribution in [0.3, 0.4) is 0 Å². The second-order valence-corrected chi connectivity index (χ2v) is 8.09. The fraction of sp³-hybridized carbons (Fsp3) is 0.533. The summed E-state index contributed by atoms with van der Waals surface area (Å²) in [7, 11) is 0. The van der Waals surface area contributed by atoms with Gasteiger partial charge in [0.15, 0.2) is 0 Å². The Labute approximate surface area is 132 Å². The first-order valence-corrected chi connectivity index (χ1v) is 8.74. The number of nitrogens with two attached hydrogens (primary N) is 1. The van der Waals surface area contributed by atoms with Crippen LogP contribution in [0.25, 0.3) is 0 Å². The summed E-state index contributed by atoms with van der Waals surface area (Å²) >= 11 is 5.31. The van der Waals surface area contributed by atoms with Crippen LogP contribution in [0.4, 0.5) is 0 Å². The zero-order chi connectivity index (χ0) is 14.2. The minimum absolute atomic E-state index is 0.177. The Kier molecular flexibility index (Phi) is 4.11. The van der Waals surface area contributed by atoms with Gasteiger partial charge in [0.05, 0.1) is 5.54 Å². The van der Waals surface area contributed by atoms with E-state index in [0.717, 1.165) is 23.7 Å². The molecule has 2 saturated carbocycles. The molecule has 2 fully saturated rings. The van der Waals surface area contributed by atoms with Gasteiger partial charge in [-0.2, -0.15) is 0 Å².